The number of anilines is 1. The van der Waals surface area contributed by atoms with Gasteiger partial charge in [-0.1, -0.05) is 15.9 Å². The van der Waals surface area contributed by atoms with Gasteiger partial charge in [0, 0.05) is 36.3 Å². The van der Waals surface area contributed by atoms with Gasteiger partial charge in [-0.05, 0) is 6.07 Å². The number of benzene rings is 1. The van der Waals surface area contributed by atoms with Gasteiger partial charge in [0.25, 0.3) is 5.69 Å². The molecular formula is C10H10BrN5O2. The van der Waals surface area contributed by atoms with Gasteiger partial charge in [-0.15, -0.1) is 10.2 Å². The molecule has 2 aromatic rings. The fourth-order valence-electron chi connectivity index (χ4n) is 1.61. The third-order valence-electron chi connectivity index (χ3n) is 2.45. The van der Waals surface area contributed by atoms with E-state index in [1.165, 1.54) is 12.1 Å². The second-order valence-electron chi connectivity index (χ2n) is 3.61. The maximum Gasteiger partial charge on any atom is 0.271 e. The molecule has 1 heterocycles. The number of halogens is 1. The summed E-state index contributed by atoms with van der Waals surface area (Å²) in [5.74, 6) is 1.15. The Kier molecular flexibility index (Phi) is 3.28. The number of nitrogens with one attached hydrogen (secondary N) is 1. The van der Waals surface area contributed by atoms with Gasteiger partial charge in [-0.2, -0.15) is 0 Å². The number of nitrogens with zero attached hydrogens (tertiary/aromatic N) is 4. The Balaban J connectivity index is 2.56. The minimum absolute atomic E-state index is 0.00776. The zero-order valence-corrected chi connectivity index (χ0v) is 11.3. The van der Waals surface area contributed by atoms with E-state index in [-0.39, 0.29) is 5.69 Å². The molecule has 1 aromatic carbocycles. The van der Waals surface area contributed by atoms with Crippen LogP contribution in [0.15, 0.2) is 22.7 Å². The zero-order chi connectivity index (χ0) is 13.3. The molecule has 0 aliphatic heterocycles. The third-order valence-corrected chi connectivity index (χ3v) is 2.91. The quantitative estimate of drug-likeness (QED) is 0.693. The highest BCUT2D eigenvalue weighted by Crippen LogP contribution is 2.28. The molecule has 18 heavy (non-hydrogen) atoms. The number of nitro groups is 1. The molecule has 0 atom stereocenters. The van der Waals surface area contributed by atoms with Crippen molar-refractivity contribution < 1.29 is 4.92 Å². The molecule has 1 aromatic heterocycles. The van der Waals surface area contributed by atoms with Crippen molar-refractivity contribution in [3.8, 4) is 11.4 Å². The standard InChI is InChI=1S/C10H10BrN5O2/c1-12-10-14-13-9(15(10)2)6-3-7(11)5-8(4-6)16(17)18/h3-5H,1-2H3,(H,12,14). The van der Waals surface area contributed by atoms with Crippen molar-refractivity contribution >= 4 is 27.6 Å². The second kappa shape index (κ2) is 4.73. The maximum atomic E-state index is 10.8. The van der Waals surface area contributed by atoms with Crippen LogP contribution in [0.3, 0.4) is 0 Å². The summed E-state index contributed by atoms with van der Waals surface area (Å²) in [6.07, 6.45) is 0. The average molecular weight is 312 g/mol. The van der Waals surface area contributed by atoms with Crippen molar-refractivity contribution in [3.05, 3.63) is 32.8 Å². The smallest absolute Gasteiger partial charge is 0.271 e. The highest BCUT2D eigenvalue weighted by Gasteiger charge is 2.14. The number of nitro benzene ring substituents is 1. The first-order valence-electron chi connectivity index (χ1n) is 5.05. The van der Waals surface area contributed by atoms with Gasteiger partial charge in [0.2, 0.25) is 5.95 Å². The molecule has 0 aliphatic carbocycles. The summed E-state index contributed by atoms with van der Waals surface area (Å²) >= 11 is 3.25. The van der Waals surface area contributed by atoms with E-state index in [0.29, 0.717) is 21.8 Å². The van der Waals surface area contributed by atoms with Crippen molar-refractivity contribution in [2.75, 3.05) is 12.4 Å². The number of rotatable bonds is 3. The van der Waals surface area contributed by atoms with Crippen LogP contribution < -0.4 is 5.32 Å². The van der Waals surface area contributed by atoms with Crippen LogP contribution >= 0.6 is 15.9 Å². The van der Waals surface area contributed by atoms with Gasteiger partial charge < -0.3 is 5.32 Å². The van der Waals surface area contributed by atoms with Crippen molar-refractivity contribution in [3.63, 3.8) is 0 Å². The summed E-state index contributed by atoms with van der Waals surface area (Å²) in [6, 6.07) is 4.67. The lowest BCUT2D eigenvalue weighted by Crippen LogP contribution is -2.00. The molecule has 7 nitrogen and oxygen atoms in total. The first-order valence-corrected chi connectivity index (χ1v) is 5.84. The molecule has 0 bridgehead atoms. The summed E-state index contributed by atoms with van der Waals surface area (Å²) in [5.41, 5.74) is 0.640. The molecule has 0 saturated heterocycles. The Labute approximate surface area is 111 Å². The first kappa shape index (κ1) is 12.5. The molecule has 0 fully saturated rings. The maximum absolute atomic E-state index is 10.8. The van der Waals surface area contributed by atoms with E-state index in [1.807, 2.05) is 0 Å². The first-order chi connectivity index (χ1) is 8.52. The van der Waals surface area contributed by atoms with E-state index < -0.39 is 4.92 Å². The summed E-state index contributed by atoms with van der Waals surface area (Å²) < 4.78 is 2.35. The lowest BCUT2D eigenvalue weighted by molar-refractivity contribution is -0.384. The van der Waals surface area contributed by atoms with Gasteiger partial charge in [0.15, 0.2) is 5.82 Å². The molecule has 0 aliphatic rings. The van der Waals surface area contributed by atoms with Crippen LogP contribution in [0.1, 0.15) is 0 Å². The highest BCUT2D eigenvalue weighted by atomic mass is 79.9. The molecule has 0 amide bonds. The third kappa shape index (κ3) is 2.19. The molecule has 0 saturated carbocycles. The van der Waals surface area contributed by atoms with Gasteiger partial charge in [0.1, 0.15) is 0 Å². The van der Waals surface area contributed by atoms with Crippen LogP contribution in [-0.2, 0) is 7.05 Å². The second-order valence-corrected chi connectivity index (χ2v) is 4.53. The Morgan fingerprint density at radius 1 is 1.39 bits per heavy atom. The summed E-state index contributed by atoms with van der Waals surface area (Å²) in [5, 5.41) is 21.6. The Hall–Kier alpha value is -1.96. The number of aromatic nitrogens is 3. The van der Waals surface area contributed by atoms with E-state index in [9.17, 15) is 10.1 Å². The van der Waals surface area contributed by atoms with Crippen LogP contribution in [0, 0.1) is 10.1 Å². The van der Waals surface area contributed by atoms with Crippen LogP contribution in [0.2, 0.25) is 0 Å². The molecule has 0 radical (unpaired) electrons. The van der Waals surface area contributed by atoms with Crippen molar-refractivity contribution in [1.29, 1.82) is 0 Å². The minimum Gasteiger partial charge on any atom is -0.357 e. The largest absolute Gasteiger partial charge is 0.357 e. The van der Waals surface area contributed by atoms with E-state index in [4.69, 9.17) is 0 Å². The fourth-order valence-corrected chi connectivity index (χ4v) is 2.09. The van der Waals surface area contributed by atoms with E-state index in [0.717, 1.165) is 0 Å². The molecule has 1 N–H and O–H groups in total. The Morgan fingerprint density at radius 2 is 2.11 bits per heavy atom. The van der Waals surface area contributed by atoms with Crippen LogP contribution in [0.25, 0.3) is 11.4 Å². The monoisotopic (exact) mass is 311 g/mol. The number of hydrogen-bond donors (Lipinski definition) is 1. The summed E-state index contributed by atoms with van der Waals surface area (Å²) in [4.78, 5) is 10.4. The average Bonchev–Trinajstić information content (AvgIpc) is 2.69. The van der Waals surface area contributed by atoms with Crippen molar-refractivity contribution in [2.24, 2.45) is 7.05 Å². The van der Waals surface area contributed by atoms with Gasteiger partial charge >= 0.3 is 0 Å². The number of hydrogen-bond acceptors (Lipinski definition) is 5. The zero-order valence-electron chi connectivity index (χ0n) is 9.72. The van der Waals surface area contributed by atoms with Gasteiger partial charge in [0.05, 0.1) is 4.92 Å². The number of non-ortho nitro benzene ring substituents is 1. The molecule has 8 heteroatoms. The minimum atomic E-state index is -0.441. The van der Waals surface area contributed by atoms with Crippen LogP contribution in [0.4, 0.5) is 11.6 Å². The molecule has 0 spiro atoms. The normalized spacial score (nSPS) is 10.4. The van der Waals surface area contributed by atoms with Gasteiger partial charge in [-0.3, -0.25) is 14.7 Å². The molecule has 0 unspecified atom stereocenters. The van der Waals surface area contributed by atoms with Crippen LogP contribution in [0.5, 0.6) is 0 Å². The predicted molar refractivity (Wildman–Crippen MR) is 70.3 cm³/mol. The van der Waals surface area contributed by atoms with Crippen molar-refractivity contribution in [1.82, 2.24) is 14.8 Å². The highest BCUT2D eigenvalue weighted by molar-refractivity contribution is 9.10. The fraction of sp³-hybridized carbons (Fsp3) is 0.200. The van der Waals surface area contributed by atoms with E-state index in [1.54, 1.807) is 24.7 Å². The predicted octanol–water partition coefficient (Wildman–Crippen LogP) is 2.19. The van der Waals surface area contributed by atoms with E-state index >= 15 is 0 Å². The molecule has 94 valence electrons. The summed E-state index contributed by atoms with van der Waals surface area (Å²) in [6.45, 7) is 0. The topological polar surface area (TPSA) is 85.9 Å². The lowest BCUT2D eigenvalue weighted by Gasteiger charge is -2.04. The molecule has 2 rings (SSSR count). The van der Waals surface area contributed by atoms with E-state index in [2.05, 4.69) is 31.4 Å². The Bertz CT molecular complexity index is 610. The van der Waals surface area contributed by atoms with Crippen LogP contribution in [-0.4, -0.2) is 26.7 Å². The Morgan fingerprint density at radius 3 is 2.67 bits per heavy atom. The SMILES string of the molecule is CNc1nnc(-c2cc(Br)cc([N+](=O)[O-])c2)n1C. The van der Waals surface area contributed by atoms with Gasteiger partial charge in [-0.25, -0.2) is 0 Å². The lowest BCUT2D eigenvalue weighted by atomic mass is 10.2. The summed E-state index contributed by atoms with van der Waals surface area (Å²) in [7, 11) is 3.52. The molecular weight excluding hydrogens is 302 g/mol. The van der Waals surface area contributed by atoms with Crippen molar-refractivity contribution in [2.45, 2.75) is 0 Å².